The average Bonchev–Trinajstić information content (AvgIpc) is 2.28. The van der Waals surface area contributed by atoms with Crippen LogP contribution in [0.15, 0.2) is 30.3 Å². The van der Waals surface area contributed by atoms with Crippen LogP contribution in [0.25, 0.3) is 10.9 Å². The second-order valence-electron chi connectivity index (χ2n) is 4.96. The fourth-order valence-electron chi connectivity index (χ4n) is 2.25. The number of hydrogen-bond donors (Lipinski definition) is 1. The number of aryl methyl sites for hydroxylation is 1. The number of carboxylic acid groups (broad SMARTS) is 1. The summed E-state index contributed by atoms with van der Waals surface area (Å²) in [5.74, 6) is -1.17. The van der Waals surface area contributed by atoms with Gasteiger partial charge in [0.1, 0.15) is 0 Å². The van der Waals surface area contributed by atoms with Gasteiger partial charge in [-0.15, -0.1) is 0 Å². The molecular formula is C15H17NO2. The summed E-state index contributed by atoms with van der Waals surface area (Å²) in [6.45, 7) is 5.80. The molecule has 0 aliphatic carbocycles. The van der Waals surface area contributed by atoms with Crippen molar-refractivity contribution in [3.8, 4) is 0 Å². The Morgan fingerprint density at radius 3 is 2.56 bits per heavy atom. The van der Waals surface area contributed by atoms with Gasteiger partial charge >= 0.3 is 5.97 Å². The van der Waals surface area contributed by atoms with Crippen molar-refractivity contribution in [3.63, 3.8) is 0 Å². The molecule has 0 fully saturated rings. The van der Waals surface area contributed by atoms with E-state index < -0.39 is 11.9 Å². The van der Waals surface area contributed by atoms with E-state index in [2.05, 4.69) is 4.98 Å². The Balaban J connectivity index is 2.52. The highest BCUT2D eigenvalue weighted by atomic mass is 16.4. The van der Waals surface area contributed by atoms with E-state index >= 15 is 0 Å². The van der Waals surface area contributed by atoms with E-state index in [-0.39, 0.29) is 5.92 Å². The first-order chi connectivity index (χ1) is 8.49. The third-order valence-corrected chi connectivity index (χ3v) is 3.14. The monoisotopic (exact) mass is 243 g/mol. The summed E-state index contributed by atoms with van der Waals surface area (Å²) >= 11 is 0. The topological polar surface area (TPSA) is 50.2 Å². The summed E-state index contributed by atoms with van der Waals surface area (Å²) in [5.41, 5.74) is 2.72. The molecule has 0 spiro atoms. The highest BCUT2D eigenvalue weighted by Gasteiger charge is 2.23. The molecule has 3 nitrogen and oxygen atoms in total. The molecule has 0 saturated heterocycles. The SMILES string of the molecule is Cc1ccc2cc(C(C(=O)O)C(C)C)ccc2n1. The number of benzene rings is 1. The summed E-state index contributed by atoms with van der Waals surface area (Å²) in [7, 11) is 0. The molecule has 0 bridgehead atoms. The van der Waals surface area contributed by atoms with Crippen molar-refractivity contribution in [1.29, 1.82) is 0 Å². The predicted octanol–water partition coefficient (Wildman–Crippen LogP) is 3.37. The van der Waals surface area contributed by atoms with E-state index in [0.717, 1.165) is 22.2 Å². The average molecular weight is 243 g/mol. The lowest BCUT2D eigenvalue weighted by Crippen LogP contribution is -2.17. The van der Waals surface area contributed by atoms with Gasteiger partial charge in [0.2, 0.25) is 0 Å². The first-order valence-electron chi connectivity index (χ1n) is 6.09. The van der Waals surface area contributed by atoms with E-state index in [0.29, 0.717) is 0 Å². The molecule has 1 atom stereocenters. The zero-order valence-electron chi connectivity index (χ0n) is 10.8. The summed E-state index contributed by atoms with van der Waals surface area (Å²) in [6, 6.07) is 9.63. The number of aromatic nitrogens is 1. The van der Waals surface area contributed by atoms with Gasteiger partial charge in [-0.3, -0.25) is 9.78 Å². The lowest BCUT2D eigenvalue weighted by molar-refractivity contribution is -0.139. The Morgan fingerprint density at radius 2 is 1.94 bits per heavy atom. The number of pyridine rings is 1. The van der Waals surface area contributed by atoms with Gasteiger partial charge in [-0.05, 0) is 36.6 Å². The van der Waals surface area contributed by atoms with Gasteiger partial charge in [0, 0.05) is 11.1 Å². The number of carboxylic acids is 1. The van der Waals surface area contributed by atoms with Gasteiger partial charge in [-0.2, -0.15) is 0 Å². The maximum absolute atomic E-state index is 11.3. The van der Waals surface area contributed by atoms with Gasteiger partial charge in [-0.25, -0.2) is 0 Å². The molecule has 1 unspecified atom stereocenters. The van der Waals surface area contributed by atoms with Crippen LogP contribution >= 0.6 is 0 Å². The molecule has 2 aromatic rings. The summed E-state index contributed by atoms with van der Waals surface area (Å²) in [5, 5.41) is 10.3. The minimum Gasteiger partial charge on any atom is -0.481 e. The molecule has 1 heterocycles. The molecule has 0 aliphatic rings. The molecule has 1 N–H and O–H groups in total. The van der Waals surface area contributed by atoms with Gasteiger partial charge in [0.25, 0.3) is 0 Å². The van der Waals surface area contributed by atoms with Crippen LogP contribution in [0.5, 0.6) is 0 Å². The first kappa shape index (κ1) is 12.6. The fourth-order valence-corrected chi connectivity index (χ4v) is 2.25. The Morgan fingerprint density at radius 1 is 1.22 bits per heavy atom. The van der Waals surface area contributed by atoms with Crippen molar-refractivity contribution in [2.45, 2.75) is 26.7 Å². The lowest BCUT2D eigenvalue weighted by atomic mass is 9.88. The van der Waals surface area contributed by atoms with Crippen LogP contribution in [0.4, 0.5) is 0 Å². The Kier molecular flexibility index (Phi) is 3.32. The Labute approximate surface area is 106 Å². The number of nitrogens with zero attached hydrogens (tertiary/aromatic N) is 1. The molecule has 0 aliphatic heterocycles. The van der Waals surface area contributed by atoms with Crippen LogP contribution in [0.2, 0.25) is 0 Å². The van der Waals surface area contributed by atoms with Crippen LogP contribution in [-0.2, 0) is 4.79 Å². The number of hydrogen-bond acceptors (Lipinski definition) is 2. The van der Waals surface area contributed by atoms with Gasteiger partial charge in [0.05, 0.1) is 11.4 Å². The third kappa shape index (κ3) is 2.35. The van der Waals surface area contributed by atoms with Crippen molar-refractivity contribution in [1.82, 2.24) is 4.98 Å². The minimum absolute atomic E-state index is 0.0679. The van der Waals surface area contributed by atoms with Crippen molar-refractivity contribution in [3.05, 3.63) is 41.6 Å². The molecule has 0 saturated carbocycles. The Bertz CT molecular complexity index is 590. The van der Waals surface area contributed by atoms with E-state index in [1.807, 2.05) is 51.1 Å². The summed E-state index contributed by atoms with van der Waals surface area (Å²) < 4.78 is 0. The standard InChI is InChI=1S/C15H17NO2/c1-9(2)14(15(17)18)12-6-7-13-11(8-12)5-4-10(3)16-13/h4-9,14H,1-3H3,(H,17,18). The molecular weight excluding hydrogens is 226 g/mol. The second-order valence-corrected chi connectivity index (χ2v) is 4.96. The molecule has 94 valence electrons. The van der Waals surface area contributed by atoms with Crippen molar-refractivity contribution >= 4 is 16.9 Å². The molecule has 0 amide bonds. The largest absolute Gasteiger partial charge is 0.481 e. The van der Waals surface area contributed by atoms with Crippen molar-refractivity contribution in [2.24, 2.45) is 5.92 Å². The van der Waals surface area contributed by atoms with Crippen LogP contribution in [0.1, 0.15) is 31.0 Å². The first-order valence-corrected chi connectivity index (χ1v) is 6.09. The zero-order valence-corrected chi connectivity index (χ0v) is 10.8. The number of aliphatic carboxylic acids is 1. The highest BCUT2D eigenvalue weighted by Crippen LogP contribution is 2.27. The van der Waals surface area contributed by atoms with Gasteiger partial charge in [0.15, 0.2) is 0 Å². The van der Waals surface area contributed by atoms with Crippen LogP contribution < -0.4 is 0 Å². The lowest BCUT2D eigenvalue weighted by Gasteiger charge is -2.17. The van der Waals surface area contributed by atoms with E-state index in [1.54, 1.807) is 0 Å². The Hall–Kier alpha value is -1.90. The molecule has 1 aromatic heterocycles. The van der Waals surface area contributed by atoms with Crippen LogP contribution in [0, 0.1) is 12.8 Å². The maximum Gasteiger partial charge on any atom is 0.311 e. The minimum atomic E-state index is -0.774. The second kappa shape index (κ2) is 4.77. The maximum atomic E-state index is 11.3. The summed E-state index contributed by atoms with van der Waals surface area (Å²) in [4.78, 5) is 15.7. The van der Waals surface area contributed by atoms with Crippen molar-refractivity contribution in [2.75, 3.05) is 0 Å². The smallest absolute Gasteiger partial charge is 0.311 e. The van der Waals surface area contributed by atoms with Gasteiger partial charge in [-0.1, -0.05) is 26.0 Å². The molecule has 3 heteroatoms. The predicted molar refractivity (Wildman–Crippen MR) is 71.7 cm³/mol. The van der Waals surface area contributed by atoms with E-state index in [9.17, 15) is 9.90 Å². The normalized spacial score (nSPS) is 12.9. The van der Waals surface area contributed by atoms with Gasteiger partial charge < -0.3 is 5.11 Å². The molecule has 0 radical (unpaired) electrons. The van der Waals surface area contributed by atoms with Crippen LogP contribution in [0.3, 0.4) is 0 Å². The number of fused-ring (bicyclic) bond motifs is 1. The number of rotatable bonds is 3. The zero-order chi connectivity index (χ0) is 13.3. The number of carbonyl (C=O) groups is 1. The molecule has 2 rings (SSSR count). The fraction of sp³-hybridized carbons (Fsp3) is 0.333. The quantitative estimate of drug-likeness (QED) is 0.899. The van der Waals surface area contributed by atoms with E-state index in [4.69, 9.17) is 0 Å². The molecule has 18 heavy (non-hydrogen) atoms. The molecule has 1 aromatic carbocycles. The van der Waals surface area contributed by atoms with Crippen molar-refractivity contribution < 1.29 is 9.90 Å². The highest BCUT2D eigenvalue weighted by molar-refractivity contribution is 5.83. The third-order valence-electron chi connectivity index (χ3n) is 3.14. The summed E-state index contributed by atoms with van der Waals surface area (Å²) in [6.07, 6.45) is 0. The van der Waals surface area contributed by atoms with E-state index in [1.165, 1.54) is 0 Å². The van der Waals surface area contributed by atoms with Crippen LogP contribution in [-0.4, -0.2) is 16.1 Å².